The number of benzene rings is 1. The van der Waals surface area contributed by atoms with Crippen LogP contribution in [-0.4, -0.2) is 29.2 Å². The molecule has 0 saturated carbocycles. The Kier molecular flexibility index (Phi) is 4.48. The predicted molar refractivity (Wildman–Crippen MR) is 64.9 cm³/mol. The van der Waals surface area contributed by atoms with Gasteiger partial charge >= 0.3 is 5.97 Å². The molecule has 1 amide bonds. The van der Waals surface area contributed by atoms with Gasteiger partial charge in [0, 0.05) is 0 Å². The van der Waals surface area contributed by atoms with Crippen molar-refractivity contribution in [2.24, 2.45) is 0 Å². The summed E-state index contributed by atoms with van der Waals surface area (Å²) in [6.07, 6.45) is -0.925. The van der Waals surface area contributed by atoms with Crippen molar-refractivity contribution in [3.05, 3.63) is 35.9 Å². The molecule has 1 fully saturated rings. The highest BCUT2D eigenvalue weighted by Gasteiger charge is 2.34. The molecule has 1 aliphatic heterocycles. The summed E-state index contributed by atoms with van der Waals surface area (Å²) in [5, 5.41) is 8.75. The fraction of sp³-hybridized carbons (Fsp3) is 0.385. The van der Waals surface area contributed by atoms with Crippen LogP contribution in [0.5, 0.6) is 0 Å². The van der Waals surface area contributed by atoms with E-state index in [1.165, 1.54) is 0 Å². The Morgan fingerprint density at radius 2 is 1.95 bits per heavy atom. The van der Waals surface area contributed by atoms with Crippen LogP contribution in [0.25, 0.3) is 0 Å². The Hall–Kier alpha value is -1.92. The molecule has 0 bridgehead atoms. The van der Waals surface area contributed by atoms with Crippen LogP contribution < -0.4 is 5.48 Å². The molecule has 1 heterocycles. The number of amides is 1. The zero-order chi connectivity index (χ0) is 13.7. The lowest BCUT2D eigenvalue weighted by molar-refractivity contribution is -0.155. The van der Waals surface area contributed by atoms with Gasteiger partial charge in [-0.25, -0.2) is 10.3 Å². The lowest BCUT2D eigenvalue weighted by atomic mass is 10.2. The molecule has 19 heavy (non-hydrogen) atoms. The molecule has 0 aromatic heterocycles. The molecule has 2 rings (SSSR count). The van der Waals surface area contributed by atoms with E-state index in [1.54, 1.807) is 0 Å². The predicted octanol–water partition coefficient (Wildman–Crippen LogP) is 0.867. The number of hydroxylamine groups is 1. The molecule has 2 atom stereocenters. The van der Waals surface area contributed by atoms with Gasteiger partial charge in [0.2, 0.25) is 0 Å². The Labute approximate surface area is 110 Å². The maximum Gasteiger partial charge on any atom is 0.332 e. The van der Waals surface area contributed by atoms with Gasteiger partial charge in [-0.3, -0.25) is 9.63 Å². The van der Waals surface area contributed by atoms with Crippen molar-refractivity contribution in [2.45, 2.75) is 31.7 Å². The van der Waals surface area contributed by atoms with Crippen LogP contribution in [0.3, 0.4) is 0 Å². The lowest BCUT2D eigenvalue weighted by Gasteiger charge is -2.11. The molecular weight excluding hydrogens is 250 g/mol. The number of carbonyl (C=O) groups is 2. The van der Waals surface area contributed by atoms with Crippen LogP contribution in [0, 0.1) is 0 Å². The highest BCUT2D eigenvalue weighted by atomic mass is 16.7. The summed E-state index contributed by atoms with van der Waals surface area (Å²) >= 11 is 0. The molecule has 0 unspecified atom stereocenters. The molecule has 1 aromatic rings. The van der Waals surface area contributed by atoms with Crippen LogP contribution in [-0.2, 0) is 25.8 Å². The van der Waals surface area contributed by atoms with Crippen molar-refractivity contribution in [3.63, 3.8) is 0 Å². The lowest BCUT2D eigenvalue weighted by Crippen LogP contribution is -2.35. The third-order valence-corrected chi connectivity index (χ3v) is 2.84. The van der Waals surface area contributed by atoms with Crippen LogP contribution in [0.1, 0.15) is 18.4 Å². The van der Waals surface area contributed by atoms with Crippen LogP contribution in [0.15, 0.2) is 30.3 Å². The van der Waals surface area contributed by atoms with E-state index >= 15 is 0 Å². The van der Waals surface area contributed by atoms with Gasteiger partial charge in [0.1, 0.15) is 6.10 Å². The van der Waals surface area contributed by atoms with Crippen molar-refractivity contribution in [1.29, 1.82) is 0 Å². The summed E-state index contributed by atoms with van der Waals surface area (Å²) < 4.78 is 5.10. The van der Waals surface area contributed by atoms with E-state index in [2.05, 4.69) is 5.48 Å². The zero-order valence-corrected chi connectivity index (χ0v) is 10.2. The highest BCUT2D eigenvalue weighted by Crippen LogP contribution is 2.19. The summed E-state index contributed by atoms with van der Waals surface area (Å²) in [7, 11) is 0. The Morgan fingerprint density at radius 3 is 2.58 bits per heavy atom. The average Bonchev–Trinajstić information content (AvgIpc) is 2.89. The first-order valence-corrected chi connectivity index (χ1v) is 6.00. The van der Waals surface area contributed by atoms with Gasteiger partial charge in [-0.2, -0.15) is 0 Å². The number of aliphatic carboxylic acids is 1. The van der Waals surface area contributed by atoms with Gasteiger partial charge in [0.15, 0.2) is 6.10 Å². The van der Waals surface area contributed by atoms with E-state index in [9.17, 15) is 9.59 Å². The van der Waals surface area contributed by atoms with Crippen molar-refractivity contribution >= 4 is 11.9 Å². The van der Waals surface area contributed by atoms with Crippen molar-refractivity contribution in [2.75, 3.05) is 0 Å². The standard InChI is InChI=1S/C13H15NO5/c15-12(10-6-7-11(19-10)13(16)17)14-18-8-9-4-2-1-3-5-9/h1-5,10-11H,6-8H2,(H,14,15)(H,16,17)/t10-,11+/m0/s1. The third-order valence-electron chi connectivity index (χ3n) is 2.84. The van der Waals surface area contributed by atoms with Gasteiger partial charge in [-0.1, -0.05) is 30.3 Å². The number of carboxylic acid groups (broad SMARTS) is 1. The van der Waals surface area contributed by atoms with Gasteiger partial charge in [-0.05, 0) is 18.4 Å². The highest BCUT2D eigenvalue weighted by molar-refractivity contribution is 5.81. The van der Waals surface area contributed by atoms with Crippen LogP contribution in [0.4, 0.5) is 0 Å². The van der Waals surface area contributed by atoms with Crippen LogP contribution in [0.2, 0.25) is 0 Å². The van der Waals surface area contributed by atoms with Gasteiger partial charge < -0.3 is 9.84 Å². The van der Waals surface area contributed by atoms with E-state index in [0.29, 0.717) is 12.8 Å². The van der Waals surface area contributed by atoms with Crippen molar-refractivity contribution < 1.29 is 24.3 Å². The summed E-state index contributed by atoms with van der Waals surface area (Å²) in [6.45, 7) is 0.252. The zero-order valence-electron chi connectivity index (χ0n) is 10.2. The minimum absolute atomic E-state index is 0.252. The van der Waals surface area contributed by atoms with E-state index in [1.807, 2.05) is 30.3 Å². The summed E-state index contributed by atoms with van der Waals surface area (Å²) in [5.74, 6) is -1.49. The molecular formula is C13H15NO5. The maximum absolute atomic E-state index is 11.6. The number of carbonyl (C=O) groups excluding carboxylic acids is 1. The number of carboxylic acids is 1. The van der Waals surface area contributed by atoms with Crippen molar-refractivity contribution in [3.8, 4) is 0 Å². The van der Waals surface area contributed by atoms with Crippen LogP contribution >= 0.6 is 0 Å². The largest absolute Gasteiger partial charge is 0.479 e. The number of nitrogens with one attached hydrogen (secondary N) is 1. The molecule has 0 radical (unpaired) electrons. The quantitative estimate of drug-likeness (QED) is 0.771. The summed E-state index contributed by atoms with van der Waals surface area (Å²) in [4.78, 5) is 27.4. The van der Waals surface area contributed by atoms with E-state index in [-0.39, 0.29) is 6.61 Å². The topological polar surface area (TPSA) is 84.9 Å². The molecule has 6 nitrogen and oxygen atoms in total. The molecule has 1 aliphatic rings. The fourth-order valence-corrected chi connectivity index (χ4v) is 1.84. The van der Waals surface area contributed by atoms with Gasteiger partial charge in [0.05, 0.1) is 6.61 Å². The third kappa shape index (κ3) is 3.77. The molecule has 102 valence electrons. The molecule has 2 N–H and O–H groups in total. The smallest absolute Gasteiger partial charge is 0.332 e. The first-order valence-electron chi connectivity index (χ1n) is 6.00. The SMILES string of the molecule is O=C(NOCc1ccccc1)[C@@H]1CC[C@H](C(=O)O)O1. The van der Waals surface area contributed by atoms with Gasteiger partial charge in [0.25, 0.3) is 5.91 Å². The minimum Gasteiger partial charge on any atom is -0.479 e. The fourth-order valence-electron chi connectivity index (χ4n) is 1.84. The average molecular weight is 265 g/mol. The second-order valence-electron chi connectivity index (χ2n) is 4.27. The number of rotatable bonds is 5. The monoisotopic (exact) mass is 265 g/mol. The summed E-state index contributed by atoms with van der Waals surface area (Å²) in [6, 6.07) is 9.38. The number of hydrogen-bond donors (Lipinski definition) is 2. The minimum atomic E-state index is -1.04. The first-order chi connectivity index (χ1) is 9.16. The summed E-state index contributed by atoms with van der Waals surface area (Å²) in [5.41, 5.74) is 3.20. The Bertz CT molecular complexity index is 448. The number of ether oxygens (including phenoxy) is 1. The molecule has 0 aliphatic carbocycles. The maximum atomic E-state index is 11.6. The van der Waals surface area contributed by atoms with E-state index < -0.39 is 24.1 Å². The second-order valence-corrected chi connectivity index (χ2v) is 4.27. The Balaban J connectivity index is 1.72. The van der Waals surface area contributed by atoms with E-state index in [0.717, 1.165) is 5.56 Å². The molecule has 1 saturated heterocycles. The first kappa shape index (κ1) is 13.5. The molecule has 6 heteroatoms. The molecule has 0 spiro atoms. The van der Waals surface area contributed by atoms with Gasteiger partial charge in [-0.15, -0.1) is 0 Å². The Morgan fingerprint density at radius 1 is 1.26 bits per heavy atom. The number of hydrogen-bond acceptors (Lipinski definition) is 4. The second kappa shape index (κ2) is 6.31. The molecule has 1 aromatic carbocycles. The normalized spacial score (nSPS) is 22.1. The van der Waals surface area contributed by atoms with E-state index in [4.69, 9.17) is 14.7 Å². The van der Waals surface area contributed by atoms with Crippen molar-refractivity contribution in [1.82, 2.24) is 5.48 Å².